The highest BCUT2D eigenvalue weighted by atomic mass is 19.1. The molecular formula is C30H34FNO4. The maximum atomic E-state index is 15.3. The summed E-state index contributed by atoms with van der Waals surface area (Å²) in [4.78, 5) is 17.3. The number of carbonyl (C=O) groups excluding carboxylic acids is 1. The minimum Gasteiger partial charge on any atom is -0.486 e. The van der Waals surface area contributed by atoms with Crippen LogP contribution in [0.3, 0.4) is 0 Å². The van der Waals surface area contributed by atoms with Crippen LogP contribution >= 0.6 is 0 Å². The Morgan fingerprint density at radius 3 is 2.44 bits per heavy atom. The van der Waals surface area contributed by atoms with E-state index in [9.17, 15) is 4.79 Å². The van der Waals surface area contributed by atoms with Crippen LogP contribution in [0.1, 0.15) is 65.7 Å². The van der Waals surface area contributed by atoms with Gasteiger partial charge < -0.3 is 19.0 Å². The Balaban J connectivity index is 1.63. The van der Waals surface area contributed by atoms with Crippen molar-refractivity contribution in [2.45, 2.75) is 64.4 Å². The highest BCUT2D eigenvalue weighted by molar-refractivity contribution is 5.69. The van der Waals surface area contributed by atoms with Crippen LogP contribution in [0.15, 0.2) is 48.5 Å². The monoisotopic (exact) mass is 491 g/mol. The van der Waals surface area contributed by atoms with Crippen molar-refractivity contribution in [1.29, 1.82) is 0 Å². The fourth-order valence-electron chi connectivity index (χ4n) is 5.03. The molecule has 1 aromatic heterocycles. The second kappa shape index (κ2) is 11.7. The minimum atomic E-state index is -0.665. The molecule has 2 aromatic carbocycles. The van der Waals surface area contributed by atoms with Gasteiger partial charge in [-0.2, -0.15) is 0 Å². The van der Waals surface area contributed by atoms with Crippen molar-refractivity contribution in [3.05, 3.63) is 88.0 Å². The topological polar surface area (TPSA) is 57.6 Å². The summed E-state index contributed by atoms with van der Waals surface area (Å²) in [5, 5.41) is 0. The lowest BCUT2D eigenvalue weighted by molar-refractivity contribution is -0.113. The van der Waals surface area contributed by atoms with E-state index in [1.807, 2.05) is 49.4 Å². The first kappa shape index (κ1) is 25.8. The molecule has 0 saturated heterocycles. The number of rotatable bonds is 10. The highest BCUT2D eigenvalue weighted by Crippen LogP contribution is 2.41. The van der Waals surface area contributed by atoms with Crippen LogP contribution in [0, 0.1) is 19.7 Å². The fourth-order valence-corrected chi connectivity index (χ4v) is 5.03. The number of aromatic nitrogens is 1. The molecule has 4 rings (SSSR count). The molecule has 0 radical (unpaired) electrons. The average Bonchev–Trinajstić information content (AvgIpc) is 2.92. The van der Waals surface area contributed by atoms with Crippen molar-refractivity contribution in [3.63, 3.8) is 0 Å². The van der Waals surface area contributed by atoms with Gasteiger partial charge in [-0.15, -0.1) is 0 Å². The maximum Gasteiger partial charge on any atom is 0.188 e. The average molecular weight is 492 g/mol. The van der Waals surface area contributed by atoms with Crippen LogP contribution in [-0.4, -0.2) is 25.2 Å². The molecule has 0 atom stereocenters. The number of ether oxygens (including phenoxy) is 3. The van der Waals surface area contributed by atoms with Gasteiger partial charge in [-0.1, -0.05) is 49.6 Å². The third kappa shape index (κ3) is 5.59. The summed E-state index contributed by atoms with van der Waals surface area (Å²) in [5.74, 6) is 0.457. The number of carbonyl (C=O) groups is 1. The van der Waals surface area contributed by atoms with Gasteiger partial charge in [-0.3, -0.25) is 4.98 Å². The normalized spacial score (nSPS) is 14.9. The van der Waals surface area contributed by atoms with E-state index in [1.165, 1.54) is 0 Å². The first-order valence-electron chi connectivity index (χ1n) is 12.5. The van der Waals surface area contributed by atoms with Gasteiger partial charge >= 0.3 is 0 Å². The van der Waals surface area contributed by atoms with Gasteiger partial charge in [0.15, 0.2) is 18.4 Å². The summed E-state index contributed by atoms with van der Waals surface area (Å²) in [6.45, 7) is 4.12. The molecule has 0 aliphatic heterocycles. The largest absolute Gasteiger partial charge is 0.486 e. The van der Waals surface area contributed by atoms with Crippen molar-refractivity contribution < 1.29 is 23.4 Å². The standard InChI is InChI=1S/C30H34FNO4/c1-21-16-27(35-18-23-10-6-4-7-11-23)28(31)22(2)25(21)17-24-12-13-26(36-20-34-3)29(32-24)30(19-33)14-8-5-9-15-30/h4,6-7,10-13,16,19H,5,8-9,14-15,17-18,20H2,1-3H3. The molecule has 1 saturated carbocycles. The molecule has 5 nitrogen and oxygen atoms in total. The van der Waals surface area contributed by atoms with Crippen molar-refractivity contribution >= 4 is 6.29 Å². The van der Waals surface area contributed by atoms with E-state index in [0.29, 0.717) is 30.0 Å². The maximum absolute atomic E-state index is 15.3. The van der Waals surface area contributed by atoms with E-state index < -0.39 is 5.41 Å². The first-order valence-corrected chi connectivity index (χ1v) is 12.5. The molecular weight excluding hydrogens is 457 g/mol. The Hall–Kier alpha value is -3.25. The Morgan fingerprint density at radius 1 is 1.00 bits per heavy atom. The minimum absolute atomic E-state index is 0.0802. The molecule has 0 N–H and O–H groups in total. The lowest BCUT2D eigenvalue weighted by Crippen LogP contribution is -2.33. The van der Waals surface area contributed by atoms with Crippen LogP contribution < -0.4 is 9.47 Å². The van der Waals surface area contributed by atoms with Gasteiger partial charge in [-0.25, -0.2) is 4.39 Å². The molecule has 1 aliphatic carbocycles. The predicted molar refractivity (Wildman–Crippen MR) is 137 cm³/mol. The summed E-state index contributed by atoms with van der Waals surface area (Å²) >= 11 is 0. The zero-order valence-corrected chi connectivity index (χ0v) is 21.3. The zero-order valence-electron chi connectivity index (χ0n) is 21.3. The van der Waals surface area contributed by atoms with Crippen molar-refractivity contribution in [3.8, 4) is 11.5 Å². The lowest BCUT2D eigenvalue weighted by Gasteiger charge is -2.33. The number of aldehydes is 1. The number of nitrogens with zero attached hydrogens (tertiary/aromatic N) is 1. The van der Waals surface area contributed by atoms with Gasteiger partial charge in [0.1, 0.15) is 18.6 Å². The fraction of sp³-hybridized carbons (Fsp3) is 0.400. The van der Waals surface area contributed by atoms with E-state index in [2.05, 4.69) is 0 Å². The molecule has 6 heteroatoms. The van der Waals surface area contributed by atoms with E-state index >= 15 is 4.39 Å². The van der Waals surface area contributed by atoms with Crippen LogP contribution in [0.4, 0.5) is 4.39 Å². The van der Waals surface area contributed by atoms with Gasteiger partial charge in [0.05, 0.1) is 11.1 Å². The number of hydrogen-bond donors (Lipinski definition) is 0. The Morgan fingerprint density at radius 2 is 1.75 bits per heavy atom. The molecule has 36 heavy (non-hydrogen) atoms. The molecule has 190 valence electrons. The molecule has 0 amide bonds. The van der Waals surface area contributed by atoms with Gasteiger partial charge in [0, 0.05) is 19.2 Å². The summed E-state index contributed by atoms with van der Waals surface area (Å²) < 4.78 is 32.0. The number of benzene rings is 2. The van der Waals surface area contributed by atoms with E-state index in [0.717, 1.165) is 60.8 Å². The molecule has 0 bridgehead atoms. The van der Waals surface area contributed by atoms with E-state index in [4.69, 9.17) is 19.2 Å². The van der Waals surface area contributed by atoms with Crippen LogP contribution in [0.25, 0.3) is 0 Å². The van der Waals surface area contributed by atoms with Crippen molar-refractivity contribution in [2.24, 2.45) is 0 Å². The smallest absolute Gasteiger partial charge is 0.188 e. The highest BCUT2D eigenvalue weighted by Gasteiger charge is 2.38. The summed E-state index contributed by atoms with van der Waals surface area (Å²) in [5.41, 5.74) is 4.09. The number of pyridine rings is 1. The molecule has 0 unspecified atom stereocenters. The summed E-state index contributed by atoms with van der Waals surface area (Å²) in [6, 6.07) is 15.2. The van der Waals surface area contributed by atoms with Crippen molar-refractivity contribution in [2.75, 3.05) is 13.9 Å². The third-order valence-electron chi connectivity index (χ3n) is 7.11. The van der Waals surface area contributed by atoms with Crippen LogP contribution in [0.2, 0.25) is 0 Å². The van der Waals surface area contributed by atoms with E-state index in [-0.39, 0.29) is 18.4 Å². The van der Waals surface area contributed by atoms with Crippen LogP contribution in [-0.2, 0) is 28.0 Å². The predicted octanol–water partition coefficient (Wildman–Crippen LogP) is 6.39. The third-order valence-corrected chi connectivity index (χ3v) is 7.11. The lowest BCUT2D eigenvalue weighted by atomic mass is 9.72. The van der Waals surface area contributed by atoms with E-state index in [1.54, 1.807) is 20.1 Å². The Bertz CT molecular complexity index is 1190. The number of aryl methyl sites for hydroxylation is 1. The summed E-state index contributed by atoms with van der Waals surface area (Å²) in [7, 11) is 1.56. The molecule has 1 heterocycles. The number of methoxy groups -OCH3 is 1. The van der Waals surface area contributed by atoms with Gasteiger partial charge in [0.25, 0.3) is 0 Å². The first-order chi connectivity index (χ1) is 17.5. The van der Waals surface area contributed by atoms with Crippen molar-refractivity contribution in [1.82, 2.24) is 4.98 Å². The number of hydrogen-bond acceptors (Lipinski definition) is 5. The molecule has 1 aliphatic rings. The Kier molecular flexibility index (Phi) is 8.36. The number of halogens is 1. The zero-order chi connectivity index (χ0) is 25.5. The second-order valence-electron chi connectivity index (χ2n) is 9.60. The molecule has 3 aromatic rings. The molecule has 1 fully saturated rings. The van der Waals surface area contributed by atoms with Crippen LogP contribution in [0.5, 0.6) is 11.5 Å². The van der Waals surface area contributed by atoms with Gasteiger partial charge in [0.2, 0.25) is 0 Å². The van der Waals surface area contributed by atoms with Gasteiger partial charge in [-0.05, 0) is 67.1 Å². The second-order valence-corrected chi connectivity index (χ2v) is 9.60. The summed E-state index contributed by atoms with van der Waals surface area (Å²) in [6.07, 6.45) is 6.03. The SMILES string of the molecule is COCOc1ccc(Cc2c(C)cc(OCc3ccccc3)c(F)c2C)nc1C1(C=O)CCCCC1. The Labute approximate surface area is 212 Å². The molecule has 0 spiro atoms. The quantitative estimate of drug-likeness (QED) is 0.243.